The summed E-state index contributed by atoms with van der Waals surface area (Å²) in [5.74, 6) is -0.694. The maximum atomic E-state index is 12.1. The summed E-state index contributed by atoms with van der Waals surface area (Å²) in [7, 11) is 1.62. The van der Waals surface area contributed by atoms with Crippen LogP contribution in [-0.4, -0.2) is 26.6 Å². The van der Waals surface area contributed by atoms with Crippen LogP contribution in [-0.2, 0) is 13.8 Å². The van der Waals surface area contributed by atoms with Gasteiger partial charge in [0, 0.05) is 46.7 Å². The van der Waals surface area contributed by atoms with Crippen LogP contribution < -0.4 is 10.5 Å². The van der Waals surface area contributed by atoms with E-state index in [4.69, 9.17) is 15.1 Å². The third kappa shape index (κ3) is 3.15. The van der Waals surface area contributed by atoms with Crippen LogP contribution in [0.2, 0.25) is 0 Å². The van der Waals surface area contributed by atoms with Crippen LogP contribution in [0.25, 0.3) is 11.0 Å². The third-order valence-corrected chi connectivity index (χ3v) is 4.80. The summed E-state index contributed by atoms with van der Waals surface area (Å²) in [6.45, 7) is 0.299. The first-order valence-corrected chi connectivity index (χ1v) is 9.06. The first-order chi connectivity index (χ1) is 10.3. The number of rotatable bonds is 3. The molecule has 3 rings (SSSR count). The van der Waals surface area contributed by atoms with Crippen molar-refractivity contribution in [1.82, 2.24) is 0 Å². The number of nitrogens with zero attached hydrogens (tertiary/aromatic N) is 1. The second-order valence-corrected chi connectivity index (χ2v) is 8.08. The Kier molecular flexibility index (Phi) is 3.70. The molecule has 1 aliphatic heterocycles. The number of hydrogen-bond donors (Lipinski definition) is 0. The number of benzene rings is 1. The fraction of sp³-hybridized carbons (Fsp3) is 0.286. The van der Waals surface area contributed by atoms with Crippen LogP contribution in [0.4, 0.5) is 5.69 Å². The van der Waals surface area contributed by atoms with E-state index in [9.17, 15) is 18.0 Å². The SMILES string of the molecule is O=C1CC(CS(=O)(=O)Cl)CN1c1ccc2oc(=O)ccc2c1. The lowest BCUT2D eigenvalue weighted by molar-refractivity contribution is -0.117. The Hall–Kier alpha value is -1.86. The van der Waals surface area contributed by atoms with Gasteiger partial charge in [0.25, 0.3) is 0 Å². The molecule has 0 saturated carbocycles. The quantitative estimate of drug-likeness (QED) is 0.626. The molecule has 8 heteroatoms. The number of anilines is 1. The Bertz CT molecular complexity index is 905. The summed E-state index contributed by atoms with van der Waals surface area (Å²) in [5.41, 5.74) is 0.633. The molecule has 6 nitrogen and oxygen atoms in total. The van der Waals surface area contributed by atoms with Gasteiger partial charge in [-0.05, 0) is 24.3 Å². The van der Waals surface area contributed by atoms with Crippen molar-refractivity contribution in [2.24, 2.45) is 5.92 Å². The normalized spacial score (nSPS) is 19.0. The van der Waals surface area contributed by atoms with E-state index in [0.717, 1.165) is 0 Å². The highest BCUT2D eigenvalue weighted by Gasteiger charge is 2.33. The average Bonchev–Trinajstić information content (AvgIpc) is 2.76. The van der Waals surface area contributed by atoms with Crippen LogP contribution in [0.1, 0.15) is 6.42 Å². The molecule has 1 unspecified atom stereocenters. The molecule has 1 aromatic carbocycles. The van der Waals surface area contributed by atoms with Crippen LogP contribution in [0.15, 0.2) is 39.5 Å². The molecule has 116 valence electrons. The lowest BCUT2D eigenvalue weighted by Gasteiger charge is -2.17. The second-order valence-electron chi connectivity index (χ2n) is 5.26. The van der Waals surface area contributed by atoms with E-state index >= 15 is 0 Å². The molecule has 22 heavy (non-hydrogen) atoms. The molecule has 1 fully saturated rings. The van der Waals surface area contributed by atoms with Crippen LogP contribution in [0.3, 0.4) is 0 Å². The smallest absolute Gasteiger partial charge is 0.336 e. The van der Waals surface area contributed by atoms with Crippen molar-refractivity contribution in [1.29, 1.82) is 0 Å². The van der Waals surface area contributed by atoms with Gasteiger partial charge < -0.3 is 9.32 Å². The topological polar surface area (TPSA) is 84.7 Å². The number of hydrogen-bond acceptors (Lipinski definition) is 5. The summed E-state index contributed by atoms with van der Waals surface area (Å²) in [6, 6.07) is 7.94. The van der Waals surface area contributed by atoms with Gasteiger partial charge in [-0.1, -0.05) is 0 Å². The molecule has 0 spiro atoms. The Labute approximate surface area is 130 Å². The molecule has 0 aliphatic carbocycles. The molecule has 1 amide bonds. The van der Waals surface area contributed by atoms with Crippen LogP contribution in [0.5, 0.6) is 0 Å². The fourth-order valence-corrected chi connectivity index (χ4v) is 3.97. The van der Waals surface area contributed by atoms with Crippen molar-refractivity contribution in [2.75, 3.05) is 17.2 Å². The molecule has 1 atom stereocenters. The van der Waals surface area contributed by atoms with Crippen molar-refractivity contribution >= 4 is 42.3 Å². The first kappa shape index (κ1) is 15.1. The fourth-order valence-electron chi connectivity index (χ4n) is 2.65. The van der Waals surface area contributed by atoms with Gasteiger partial charge in [0.1, 0.15) is 5.58 Å². The third-order valence-electron chi connectivity index (χ3n) is 3.55. The van der Waals surface area contributed by atoms with Crippen LogP contribution >= 0.6 is 10.7 Å². The van der Waals surface area contributed by atoms with Gasteiger partial charge in [0.2, 0.25) is 15.0 Å². The minimum Gasteiger partial charge on any atom is -0.423 e. The van der Waals surface area contributed by atoms with Gasteiger partial charge in [-0.15, -0.1) is 0 Å². The maximum Gasteiger partial charge on any atom is 0.336 e. The van der Waals surface area contributed by atoms with Crippen LogP contribution in [0, 0.1) is 5.92 Å². The molecule has 2 heterocycles. The van der Waals surface area contributed by atoms with Crippen molar-refractivity contribution < 1.29 is 17.6 Å². The van der Waals surface area contributed by atoms with Gasteiger partial charge in [0.05, 0.1) is 5.75 Å². The summed E-state index contributed by atoms with van der Waals surface area (Å²) in [4.78, 5) is 24.8. The average molecular weight is 342 g/mol. The van der Waals surface area contributed by atoms with Crippen molar-refractivity contribution in [2.45, 2.75) is 6.42 Å². The molecule has 0 bridgehead atoms. The Balaban J connectivity index is 1.89. The van der Waals surface area contributed by atoms with E-state index in [1.165, 1.54) is 11.0 Å². The van der Waals surface area contributed by atoms with Crippen molar-refractivity contribution in [3.05, 3.63) is 40.8 Å². The minimum absolute atomic E-state index is 0.147. The lowest BCUT2D eigenvalue weighted by atomic mass is 10.1. The van der Waals surface area contributed by atoms with Gasteiger partial charge >= 0.3 is 5.63 Å². The number of carbonyl (C=O) groups excluding carboxylic acids is 1. The number of amides is 1. The van der Waals surface area contributed by atoms with Crippen molar-refractivity contribution in [3.63, 3.8) is 0 Å². The molecule has 2 aromatic rings. The Morgan fingerprint density at radius 3 is 2.73 bits per heavy atom. The molecule has 0 radical (unpaired) electrons. The summed E-state index contributed by atoms with van der Waals surface area (Å²) >= 11 is 0. The standard InChI is InChI=1S/C14H12ClNO5S/c15-22(19,20)8-9-5-13(17)16(7-9)11-2-3-12-10(6-11)1-4-14(18)21-12/h1-4,6,9H,5,7-8H2. The van der Waals surface area contributed by atoms with E-state index in [0.29, 0.717) is 23.2 Å². The lowest BCUT2D eigenvalue weighted by Crippen LogP contribution is -2.25. The Morgan fingerprint density at radius 2 is 2.00 bits per heavy atom. The van der Waals surface area contributed by atoms with E-state index in [1.807, 2.05) is 0 Å². The molecular weight excluding hydrogens is 330 g/mol. The van der Waals surface area contributed by atoms with E-state index < -0.39 is 14.7 Å². The minimum atomic E-state index is -3.63. The predicted octanol–water partition coefficient (Wildman–Crippen LogP) is 1.71. The molecule has 1 aliphatic rings. The van der Waals surface area contributed by atoms with E-state index in [-0.39, 0.29) is 24.0 Å². The highest BCUT2D eigenvalue weighted by Crippen LogP contribution is 2.28. The predicted molar refractivity (Wildman–Crippen MR) is 82.6 cm³/mol. The number of halogens is 1. The zero-order valence-electron chi connectivity index (χ0n) is 11.4. The maximum absolute atomic E-state index is 12.1. The monoisotopic (exact) mass is 341 g/mol. The zero-order chi connectivity index (χ0) is 15.9. The number of carbonyl (C=O) groups is 1. The molecule has 1 aromatic heterocycles. The summed E-state index contributed by atoms with van der Waals surface area (Å²) in [6.07, 6.45) is 0.147. The van der Waals surface area contributed by atoms with Gasteiger partial charge in [-0.2, -0.15) is 0 Å². The van der Waals surface area contributed by atoms with Crippen molar-refractivity contribution in [3.8, 4) is 0 Å². The summed E-state index contributed by atoms with van der Waals surface area (Å²) < 4.78 is 27.3. The van der Waals surface area contributed by atoms with E-state index in [2.05, 4.69) is 0 Å². The highest BCUT2D eigenvalue weighted by atomic mass is 35.7. The largest absolute Gasteiger partial charge is 0.423 e. The zero-order valence-corrected chi connectivity index (χ0v) is 12.9. The van der Waals surface area contributed by atoms with E-state index in [1.54, 1.807) is 24.3 Å². The first-order valence-electron chi connectivity index (χ1n) is 6.58. The Morgan fingerprint density at radius 1 is 1.23 bits per heavy atom. The molecule has 1 saturated heterocycles. The molecular formula is C14H12ClNO5S. The molecule has 0 N–H and O–H groups in total. The van der Waals surface area contributed by atoms with Gasteiger partial charge in [-0.3, -0.25) is 4.79 Å². The van der Waals surface area contributed by atoms with Gasteiger partial charge in [0.15, 0.2) is 0 Å². The second kappa shape index (κ2) is 5.40. The highest BCUT2D eigenvalue weighted by molar-refractivity contribution is 8.13. The summed E-state index contributed by atoms with van der Waals surface area (Å²) in [5, 5.41) is 0.693. The number of fused-ring (bicyclic) bond motifs is 1. The van der Waals surface area contributed by atoms with Gasteiger partial charge in [-0.25, -0.2) is 13.2 Å².